The molecule has 22 heavy (non-hydrogen) atoms. The molecule has 2 N–H and O–H groups in total. The predicted octanol–water partition coefficient (Wildman–Crippen LogP) is 2.98. The van der Waals surface area contributed by atoms with Crippen molar-refractivity contribution < 1.29 is 0 Å². The second-order valence-corrected chi connectivity index (χ2v) is 5.75. The molecule has 0 bridgehead atoms. The van der Waals surface area contributed by atoms with Crippen LogP contribution in [0.1, 0.15) is 16.8 Å². The average molecular weight is 314 g/mol. The SMILES string of the molecule is CN=C(NCc1ccc(SC)c(C)c1)NCc1ccccn1. The minimum absolute atomic E-state index is 0.658. The number of pyridine rings is 1. The third kappa shape index (κ3) is 4.77. The van der Waals surface area contributed by atoms with Gasteiger partial charge in [-0.15, -0.1) is 11.8 Å². The Balaban J connectivity index is 1.87. The van der Waals surface area contributed by atoms with Crippen LogP contribution in [0, 0.1) is 6.92 Å². The van der Waals surface area contributed by atoms with Crippen molar-refractivity contribution in [2.75, 3.05) is 13.3 Å². The molecule has 0 fully saturated rings. The summed E-state index contributed by atoms with van der Waals surface area (Å²) in [6.07, 6.45) is 3.90. The van der Waals surface area contributed by atoms with Crippen molar-refractivity contribution in [2.24, 2.45) is 4.99 Å². The van der Waals surface area contributed by atoms with Crippen LogP contribution in [-0.2, 0) is 13.1 Å². The van der Waals surface area contributed by atoms with Crippen molar-refractivity contribution >= 4 is 17.7 Å². The van der Waals surface area contributed by atoms with Gasteiger partial charge in [-0.3, -0.25) is 9.98 Å². The summed E-state index contributed by atoms with van der Waals surface area (Å²) >= 11 is 1.78. The molecule has 0 atom stereocenters. The highest BCUT2D eigenvalue weighted by Gasteiger charge is 2.02. The molecule has 0 aliphatic carbocycles. The van der Waals surface area contributed by atoms with Gasteiger partial charge in [0, 0.05) is 24.7 Å². The lowest BCUT2D eigenvalue weighted by Crippen LogP contribution is -2.36. The molecule has 2 aromatic rings. The smallest absolute Gasteiger partial charge is 0.191 e. The summed E-state index contributed by atoms with van der Waals surface area (Å²) in [4.78, 5) is 9.84. The van der Waals surface area contributed by atoms with Crippen LogP contribution in [-0.4, -0.2) is 24.2 Å². The van der Waals surface area contributed by atoms with Gasteiger partial charge >= 0.3 is 0 Å². The summed E-state index contributed by atoms with van der Waals surface area (Å²) in [6.45, 7) is 3.55. The van der Waals surface area contributed by atoms with Crippen LogP contribution in [0.3, 0.4) is 0 Å². The molecule has 0 saturated carbocycles. The molecule has 0 unspecified atom stereocenters. The molecule has 0 aliphatic heterocycles. The van der Waals surface area contributed by atoms with Gasteiger partial charge in [0.1, 0.15) is 0 Å². The number of thioether (sulfide) groups is 1. The molecule has 4 nitrogen and oxygen atoms in total. The van der Waals surface area contributed by atoms with E-state index in [1.807, 2.05) is 18.2 Å². The van der Waals surface area contributed by atoms with Crippen LogP contribution in [0.15, 0.2) is 52.5 Å². The molecule has 0 radical (unpaired) electrons. The van der Waals surface area contributed by atoms with Gasteiger partial charge in [-0.2, -0.15) is 0 Å². The van der Waals surface area contributed by atoms with Gasteiger partial charge in [-0.05, 0) is 42.5 Å². The van der Waals surface area contributed by atoms with Crippen LogP contribution < -0.4 is 10.6 Å². The zero-order valence-corrected chi connectivity index (χ0v) is 14.1. The highest BCUT2D eigenvalue weighted by molar-refractivity contribution is 7.98. The van der Waals surface area contributed by atoms with E-state index in [9.17, 15) is 0 Å². The van der Waals surface area contributed by atoms with Crippen molar-refractivity contribution in [2.45, 2.75) is 24.9 Å². The van der Waals surface area contributed by atoms with E-state index in [1.165, 1.54) is 16.0 Å². The van der Waals surface area contributed by atoms with Crippen LogP contribution in [0.2, 0.25) is 0 Å². The Morgan fingerprint density at radius 1 is 1.18 bits per heavy atom. The van der Waals surface area contributed by atoms with Crippen molar-refractivity contribution in [3.63, 3.8) is 0 Å². The van der Waals surface area contributed by atoms with Gasteiger partial charge in [-0.25, -0.2) is 0 Å². The maximum absolute atomic E-state index is 4.29. The van der Waals surface area contributed by atoms with E-state index >= 15 is 0 Å². The molecule has 0 saturated heterocycles. The fourth-order valence-corrected chi connectivity index (χ4v) is 2.72. The number of aryl methyl sites for hydroxylation is 1. The normalized spacial score (nSPS) is 11.3. The van der Waals surface area contributed by atoms with E-state index in [4.69, 9.17) is 0 Å². The second kappa shape index (κ2) is 8.44. The molecule has 0 spiro atoms. The summed E-state index contributed by atoms with van der Waals surface area (Å²) in [5.41, 5.74) is 3.55. The Bertz CT molecular complexity index is 626. The minimum atomic E-state index is 0.658. The number of hydrogen-bond acceptors (Lipinski definition) is 3. The molecular weight excluding hydrogens is 292 g/mol. The van der Waals surface area contributed by atoms with E-state index in [0.29, 0.717) is 6.54 Å². The molecule has 5 heteroatoms. The summed E-state index contributed by atoms with van der Waals surface area (Å²) < 4.78 is 0. The molecule has 1 aromatic heterocycles. The minimum Gasteiger partial charge on any atom is -0.352 e. The number of nitrogens with zero attached hydrogens (tertiary/aromatic N) is 2. The number of hydrogen-bond donors (Lipinski definition) is 2. The van der Waals surface area contributed by atoms with E-state index in [-0.39, 0.29) is 0 Å². The lowest BCUT2D eigenvalue weighted by molar-refractivity contribution is 0.793. The fourth-order valence-electron chi connectivity index (χ4n) is 2.13. The lowest BCUT2D eigenvalue weighted by Gasteiger charge is -2.12. The second-order valence-electron chi connectivity index (χ2n) is 4.90. The van der Waals surface area contributed by atoms with Crippen LogP contribution in [0.4, 0.5) is 0 Å². The van der Waals surface area contributed by atoms with E-state index in [0.717, 1.165) is 18.2 Å². The van der Waals surface area contributed by atoms with Crippen LogP contribution in [0.5, 0.6) is 0 Å². The van der Waals surface area contributed by atoms with Gasteiger partial charge in [0.25, 0.3) is 0 Å². The number of aromatic nitrogens is 1. The van der Waals surface area contributed by atoms with E-state index < -0.39 is 0 Å². The highest BCUT2D eigenvalue weighted by atomic mass is 32.2. The Hall–Kier alpha value is -2.01. The maximum atomic E-state index is 4.29. The molecule has 1 aromatic carbocycles. The van der Waals surface area contributed by atoms with Crippen molar-refractivity contribution in [1.82, 2.24) is 15.6 Å². The highest BCUT2D eigenvalue weighted by Crippen LogP contribution is 2.20. The zero-order valence-electron chi connectivity index (χ0n) is 13.3. The third-order valence-corrected chi connectivity index (χ3v) is 4.20. The molecule has 2 rings (SSSR count). The standard InChI is InChI=1S/C17H22N4S/c1-13-10-14(7-8-16(13)22-3)11-20-17(18-2)21-12-15-6-4-5-9-19-15/h4-10H,11-12H2,1-3H3,(H2,18,20,21). The molecule has 116 valence electrons. The first-order chi connectivity index (χ1) is 10.7. The summed E-state index contributed by atoms with van der Waals surface area (Å²) in [5.74, 6) is 0.775. The molecule has 0 aliphatic rings. The number of aliphatic imine (C=N–C) groups is 1. The third-order valence-electron chi connectivity index (χ3n) is 3.31. The molecule has 0 amide bonds. The van der Waals surface area contributed by atoms with Crippen molar-refractivity contribution in [3.8, 4) is 0 Å². The number of benzene rings is 1. The van der Waals surface area contributed by atoms with Gasteiger partial charge in [0.15, 0.2) is 5.96 Å². The summed E-state index contributed by atoms with van der Waals surface area (Å²) in [6, 6.07) is 12.4. The number of nitrogens with one attached hydrogen (secondary N) is 2. The molecule has 1 heterocycles. The van der Waals surface area contributed by atoms with Crippen LogP contribution in [0.25, 0.3) is 0 Å². The Kier molecular flexibility index (Phi) is 6.27. The van der Waals surface area contributed by atoms with Gasteiger partial charge in [0.2, 0.25) is 0 Å². The quantitative estimate of drug-likeness (QED) is 0.506. The van der Waals surface area contributed by atoms with E-state index in [2.05, 4.69) is 52.0 Å². The van der Waals surface area contributed by atoms with Crippen molar-refractivity contribution in [1.29, 1.82) is 0 Å². The topological polar surface area (TPSA) is 49.3 Å². The first-order valence-electron chi connectivity index (χ1n) is 7.21. The predicted molar refractivity (Wildman–Crippen MR) is 94.2 cm³/mol. The van der Waals surface area contributed by atoms with Gasteiger partial charge < -0.3 is 10.6 Å². The summed E-state index contributed by atoms with van der Waals surface area (Å²) in [5, 5.41) is 6.59. The van der Waals surface area contributed by atoms with Gasteiger partial charge in [0.05, 0.1) is 12.2 Å². The maximum Gasteiger partial charge on any atom is 0.191 e. The molecular formula is C17H22N4S. The Labute approximate surface area is 136 Å². The lowest BCUT2D eigenvalue weighted by atomic mass is 10.1. The largest absolute Gasteiger partial charge is 0.352 e. The monoisotopic (exact) mass is 314 g/mol. The zero-order chi connectivity index (χ0) is 15.8. The number of rotatable bonds is 5. The number of guanidine groups is 1. The van der Waals surface area contributed by atoms with E-state index in [1.54, 1.807) is 25.0 Å². The van der Waals surface area contributed by atoms with Crippen LogP contribution >= 0.6 is 11.8 Å². The fraction of sp³-hybridized carbons (Fsp3) is 0.294. The first-order valence-corrected chi connectivity index (χ1v) is 8.43. The Morgan fingerprint density at radius 2 is 2.00 bits per heavy atom. The average Bonchev–Trinajstić information content (AvgIpc) is 2.56. The van der Waals surface area contributed by atoms with Gasteiger partial charge in [-0.1, -0.05) is 18.2 Å². The summed E-state index contributed by atoms with van der Waals surface area (Å²) in [7, 11) is 1.77. The first kappa shape index (κ1) is 16.4. The van der Waals surface area contributed by atoms with Crippen molar-refractivity contribution in [3.05, 3.63) is 59.4 Å². The Morgan fingerprint density at radius 3 is 2.64 bits per heavy atom.